The van der Waals surface area contributed by atoms with Crippen LogP contribution in [0.1, 0.15) is 40.5 Å². The summed E-state index contributed by atoms with van der Waals surface area (Å²) in [4.78, 5) is 12.9. The van der Waals surface area contributed by atoms with Gasteiger partial charge in [0.05, 0.1) is 6.61 Å². The summed E-state index contributed by atoms with van der Waals surface area (Å²) in [6, 6.07) is 0.406. The second kappa shape index (κ2) is 8.96. The summed E-state index contributed by atoms with van der Waals surface area (Å²) < 4.78 is 5.38. The summed E-state index contributed by atoms with van der Waals surface area (Å²) in [5.74, 6) is 2.31. The molecule has 1 aromatic heterocycles. The van der Waals surface area contributed by atoms with Crippen molar-refractivity contribution in [3.63, 3.8) is 0 Å². The Kier molecular flexibility index (Phi) is 7.55. The van der Waals surface area contributed by atoms with Crippen molar-refractivity contribution >= 4 is 17.7 Å². The Balaban J connectivity index is 2.68. The maximum Gasteiger partial charge on any atom is 0.322 e. The predicted octanol–water partition coefficient (Wildman–Crippen LogP) is 3.23. The van der Waals surface area contributed by atoms with Crippen molar-refractivity contribution in [2.45, 2.75) is 45.7 Å². The van der Waals surface area contributed by atoms with Crippen molar-refractivity contribution in [1.29, 1.82) is 0 Å². The third kappa shape index (κ3) is 6.61. The maximum absolute atomic E-state index is 5.38. The van der Waals surface area contributed by atoms with E-state index in [1.54, 1.807) is 11.8 Å². The fourth-order valence-corrected chi connectivity index (χ4v) is 2.36. The highest BCUT2D eigenvalue weighted by molar-refractivity contribution is 7.99. The van der Waals surface area contributed by atoms with Gasteiger partial charge in [-0.1, -0.05) is 32.5 Å². The Labute approximate surface area is 120 Å². The zero-order valence-electron chi connectivity index (χ0n) is 12.3. The minimum absolute atomic E-state index is 0.406. The van der Waals surface area contributed by atoms with Gasteiger partial charge in [-0.25, -0.2) is 0 Å². The fourth-order valence-electron chi connectivity index (χ4n) is 1.30. The third-order valence-corrected chi connectivity index (χ3v) is 3.21. The van der Waals surface area contributed by atoms with Crippen LogP contribution in [0.4, 0.5) is 5.95 Å². The molecule has 6 heteroatoms. The van der Waals surface area contributed by atoms with Crippen molar-refractivity contribution in [2.75, 3.05) is 24.2 Å². The van der Waals surface area contributed by atoms with Gasteiger partial charge in [-0.05, 0) is 25.7 Å². The van der Waals surface area contributed by atoms with E-state index < -0.39 is 0 Å². The second-order valence-electron chi connectivity index (χ2n) is 4.61. The zero-order valence-corrected chi connectivity index (χ0v) is 13.1. The van der Waals surface area contributed by atoms with Crippen molar-refractivity contribution in [3.8, 4) is 6.01 Å². The van der Waals surface area contributed by atoms with Crippen LogP contribution in [-0.2, 0) is 0 Å². The highest BCUT2D eigenvalue weighted by atomic mass is 32.2. The molecule has 0 aliphatic rings. The number of nitrogens with zero attached hydrogens (tertiary/aromatic N) is 3. The molecule has 1 rings (SSSR count). The smallest absolute Gasteiger partial charge is 0.322 e. The van der Waals surface area contributed by atoms with Gasteiger partial charge < -0.3 is 10.1 Å². The lowest BCUT2D eigenvalue weighted by Crippen LogP contribution is -2.08. The fraction of sp³-hybridized carbons (Fsp3) is 0.769. The average molecular weight is 284 g/mol. The van der Waals surface area contributed by atoms with Gasteiger partial charge in [0, 0.05) is 12.3 Å². The molecular weight excluding hydrogens is 260 g/mol. The van der Waals surface area contributed by atoms with Crippen LogP contribution in [0.5, 0.6) is 6.01 Å². The van der Waals surface area contributed by atoms with Gasteiger partial charge in [0.15, 0.2) is 5.16 Å². The van der Waals surface area contributed by atoms with Gasteiger partial charge >= 0.3 is 6.01 Å². The van der Waals surface area contributed by atoms with Crippen molar-refractivity contribution < 1.29 is 4.74 Å². The number of hydrogen-bond donors (Lipinski definition) is 1. The Morgan fingerprint density at radius 3 is 2.63 bits per heavy atom. The van der Waals surface area contributed by atoms with Crippen LogP contribution in [0, 0.1) is 5.92 Å². The summed E-state index contributed by atoms with van der Waals surface area (Å²) in [7, 11) is 0. The lowest BCUT2D eigenvalue weighted by atomic mass is 10.2. The molecule has 0 unspecified atom stereocenters. The van der Waals surface area contributed by atoms with Gasteiger partial charge in [0.2, 0.25) is 5.95 Å². The highest BCUT2D eigenvalue weighted by Gasteiger charge is 2.08. The molecule has 1 heterocycles. The van der Waals surface area contributed by atoms with E-state index in [1.807, 2.05) is 6.92 Å². The zero-order chi connectivity index (χ0) is 14.1. The molecule has 0 bridgehead atoms. The molecule has 0 spiro atoms. The molecule has 108 valence electrons. The van der Waals surface area contributed by atoms with E-state index in [4.69, 9.17) is 4.74 Å². The minimum atomic E-state index is 0.406. The first-order chi connectivity index (χ1) is 9.15. The molecule has 0 saturated heterocycles. The molecule has 0 amide bonds. The van der Waals surface area contributed by atoms with E-state index in [0.717, 1.165) is 30.3 Å². The van der Waals surface area contributed by atoms with Crippen LogP contribution in [0.3, 0.4) is 0 Å². The minimum Gasteiger partial charge on any atom is -0.464 e. The monoisotopic (exact) mass is 284 g/mol. The maximum atomic E-state index is 5.38. The first kappa shape index (κ1) is 16.0. The van der Waals surface area contributed by atoms with Crippen LogP contribution in [-0.4, -0.2) is 33.9 Å². The number of thioether (sulfide) groups is 1. The van der Waals surface area contributed by atoms with E-state index in [2.05, 4.69) is 41.0 Å². The van der Waals surface area contributed by atoms with E-state index in [9.17, 15) is 0 Å². The van der Waals surface area contributed by atoms with E-state index >= 15 is 0 Å². The van der Waals surface area contributed by atoms with Crippen molar-refractivity contribution in [2.24, 2.45) is 5.92 Å². The molecule has 1 aromatic rings. The largest absolute Gasteiger partial charge is 0.464 e. The number of hydrogen-bond acceptors (Lipinski definition) is 6. The highest BCUT2D eigenvalue weighted by Crippen LogP contribution is 2.19. The summed E-state index contributed by atoms with van der Waals surface area (Å²) in [5.41, 5.74) is 0. The van der Waals surface area contributed by atoms with Gasteiger partial charge in [-0.2, -0.15) is 15.0 Å². The molecule has 0 fully saturated rings. The SMILES string of the molecule is CCCNc1nc(OCC)nc(SCCC(C)C)n1. The normalized spacial score (nSPS) is 10.8. The van der Waals surface area contributed by atoms with E-state index in [1.165, 1.54) is 0 Å². The molecule has 0 aliphatic carbocycles. The number of nitrogens with one attached hydrogen (secondary N) is 1. The molecule has 19 heavy (non-hydrogen) atoms. The molecule has 0 aliphatic heterocycles. The molecule has 5 nitrogen and oxygen atoms in total. The second-order valence-corrected chi connectivity index (χ2v) is 5.68. The number of anilines is 1. The van der Waals surface area contributed by atoms with Gasteiger partial charge in [-0.3, -0.25) is 0 Å². The van der Waals surface area contributed by atoms with Crippen LogP contribution >= 0.6 is 11.8 Å². The molecule has 0 saturated carbocycles. The number of ether oxygens (including phenoxy) is 1. The Hall–Kier alpha value is -1.04. The number of aromatic nitrogens is 3. The van der Waals surface area contributed by atoms with Crippen LogP contribution < -0.4 is 10.1 Å². The Morgan fingerprint density at radius 2 is 2.00 bits per heavy atom. The topological polar surface area (TPSA) is 59.9 Å². The van der Waals surface area contributed by atoms with Crippen molar-refractivity contribution in [1.82, 2.24) is 15.0 Å². The summed E-state index contributed by atoms with van der Waals surface area (Å²) >= 11 is 1.65. The molecule has 0 atom stereocenters. The Morgan fingerprint density at radius 1 is 1.21 bits per heavy atom. The van der Waals surface area contributed by atoms with Gasteiger partial charge in [-0.15, -0.1) is 0 Å². The number of rotatable bonds is 9. The summed E-state index contributed by atoms with van der Waals surface area (Å²) in [5, 5.41) is 3.91. The molecule has 0 aromatic carbocycles. The lowest BCUT2D eigenvalue weighted by molar-refractivity contribution is 0.308. The first-order valence-corrected chi connectivity index (χ1v) is 7.89. The van der Waals surface area contributed by atoms with Gasteiger partial charge in [0.1, 0.15) is 0 Å². The molecular formula is C13H24N4OS. The predicted molar refractivity (Wildman–Crippen MR) is 80.0 cm³/mol. The van der Waals surface area contributed by atoms with E-state index in [0.29, 0.717) is 24.5 Å². The quantitative estimate of drug-likeness (QED) is 0.703. The standard InChI is InChI=1S/C13H24N4OS/c1-5-8-14-11-15-12(18-6-2)17-13(16-11)19-9-7-10(3)4/h10H,5-9H2,1-4H3,(H,14,15,16,17). The average Bonchev–Trinajstić information content (AvgIpc) is 2.36. The first-order valence-electron chi connectivity index (χ1n) is 6.91. The van der Waals surface area contributed by atoms with Crippen LogP contribution in [0.15, 0.2) is 5.16 Å². The molecule has 0 radical (unpaired) electrons. The van der Waals surface area contributed by atoms with Crippen LogP contribution in [0.2, 0.25) is 0 Å². The van der Waals surface area contributed by atoms with Crippen LogP contribution in [0.25, 0.3) is 0 Å². The molecule has 1 N–H and O–H groups in total. The third-order valence-electron chi connectivity index (χ3n) is 2.33. The van der Waals surface area contributed by atoms with E-state index in [-0.39, 0.29) is 0 Å². The lowest BCUT2D eigenvalue weighted by Gasteiger charge is -2.08. The van der Waals surface area contributed by atoms with Crippen molar-refractivity contribution in [3.05, 3.63) is 0 Å². The summed E-state index contributed by atoms with van der Waals surface area (Å²) in [6.07, 6.45) is 2.18. The Bertz CT molecular complexity index is 374. The summed E-state index contributed by atoms with van der Waals surface area (Å²) in [6.45, 7) is 9.88. The van der Waals surface area contributed by atoms with Gasteiger partial charge in [0.25, 0.3) is 0 Å².